The third-order valence-corrected chi connectivity index (χ3v) is 2.43. The first-order valence-corrected chi connectivity index (χ1v) is 5.31. The fraction of sp³-hybridized carbons (Fsp3) is 0.800. The van der Waals surface area contributed by atoms with Gasteiger partial charge in [-0.25, -0.2) is 4.98 Å². The smallest absolute Gasteiger partial charge is 0.138 e. The quantitative estimate of drug-likeness (QED) is 0.657. The van der Waals surface area contributed by atoms with E-state index < -0.39 is 5.60 Å². The maximum Gasteiger partial charge on any atom is 0.138 e. The summed E-state index contributed by atoms with van der Waals surface area (Å²) in [5.41, 5.74) is -0.719. The van der Waals surface area contributed by atoms with Crippen molar-refractivity contribution in [2.24, 2.45) is 7.05 Å². The third-order valence-electron chi connectivity index (χ3n) is 2.43. The second-order valence-corrected chi connectivity index (χ2v) is 4.08. The standard InChI is InChI=1S/C10H20N4O/c1-4-11-6-5-10(2,15)7-9-12-8-13-14(9)3/h8,11,15H,4-7H2,1-3H3. The summed E-state index contributed by atoms with van der Waals surface area (Å²) in [5, 5.41) is 17.3. The Bertz CT molecular complexity index is 295. The molecular formula is C10H20N4O. The molecule has 1 rings (SSSR count). The lowest BCUT2D eigenvalue weighted by Crippen LogP contribution is -2.33. The zero-order valence-corrected chi connectivity index (χ0v) is 9.69. The van der Waals surface area contributed by atoms with Gasteiger partial charge in [-0.2, -0.15) is 5.10 Å². The molecule has 15 heavy (non-hydrogen) atoms. The minimum Gasteiger partial charge on any atom is -0.390 e. The fourth-order valence-electron chi connectivity index (χ4n) is 1.44. The monoisotopic (exact) mass is 212 g/mol. The zero-order chi connectivity index (χ0) is 11.3. The van der Waals surface area contributed by atoms with E-state index in [2.05, 4.69) is 22.3 Å². The Balaban J connectivity index is 2.45. The van der Waals surface area contributed by atoms with E-state index >= 15 is 0 Å². The van der Waals surface area contributed by atoms with Crippen molar-refractivity contribution < 1.29 is 5.11 Å². The van der Waals surface area contributed by atoms with E-state index in [0.29, 0.717) is 12.8 Å². The topological polar surface area (TPSA) is 63.0 Å². The first-order chi connectivity index (χ1) is 7.05. The number of aliphatic hydroxyl groups is 1. The van der Waals surface area contributed by atoms with E-state index in [4.69, 9.17) is 0 Å². The Labute approximate surface area is 90.5 Å². The average Bonchev–Trinajstić information content (AvgIpc) is 2.51. The van der Waals surface area contributed by atoms with Gasteiger partial charge < -0.3 is 10.4 Å². The molecule has 0 spiro atoms. The highest BCUT2D eigenvalue weighted by atomic mass is 16.3. The first kappa shape index (κ1) is 12.1. The highest BCUT2D eigenvalue weighted by molar-refractivity contribution is 4.92. The van der Waals surface area contributed by atoms with Crippen molar-refractivity contribution in [3.8, 4) is 0 Å². The molecule has 0 aliphatic heterocycles. The van der Waals surface area contributed by atoms with Gasteiger partial charge in [-0.3, -0.25) is 4.68 Å². The van der Waals surface area contributed by atoms with Crippen molar-refractivity contribution in [2.75, 3.05) is 13.1 Å². The van der Waals surface area contributed by atoms with Gasteiger partial charge in [0.25, 0.3) is 0 Å². The zero-order valence-electron chi connectivity index (χ0n) is 9.69. The van der Waals surface area contributed by atoms with E-state index in [9.17, 15) is 5.11 Å². The van der Waals surface area contributed by atoms with Crippen molar-refractivity contribution in [3.05, 3.63) is 12.2 Å². The van der Waals surface area contributed by atoms with Gasteiger partial charge in [0.15, 0.2) is 0 Å². The molecule has 0 saturated heterocycles. The molecular weight excluding hydrogens is 192 g/mol. The molecule has 0 saturated carbocycles. The van der Waals surface area contributed by atoms with Gasteiger partial charge in [-0.15, -0.1) is 0 Å². The fourth-order valence-corrected chi connectivity index (χ4v) is 1.44. The predicted molar refractivity (Wildman–Crippen MR) is 58.5 cm³/mol. The minimum atomic E-state index is -0.719. The Morgan fingerprint density at radius 3 is 2.87 bits per heavy atom. The number of aryl methyl sites for hydroxylation is 1. The number of rotatable bonds is 6. The summed E-state index contributed by atoms with van der Waals surface area (Å²) in [6, 6.07) is 0. The SMILES string of the molecule is CCNCCC(C)(O)Cc1ncnn1C. The number of hydrogen-bond acceptors (Lipinski definition) is 4. The van der Waals surface area contributed by atoms with Gasteiger partial charge in [-0.05, 0) is 26.4 Å². The number of aromatic nitrogens is 3. The normalized spacial score (nSPS) is 15.2. The lowest BCUT2D eigenvalue weighted by atomic mass is 9.98. The summed E-state index contributed by atoms with van der Waals surface area (Å²) in [4.78, 5) is 4.10. The van der Waals surface area contributed by atoms with Gasteiger partial charge in [0.1, 0.15) is 12.2 Å². The van der Waals surface area contributed by atoms with Crippen LogP contribution in [0.5, 0.6) is 0 Å². The summed E-state index contributed by atoms with van der Waals surface area (Å²) >= 11 is 0. The van der Waals surface area contributed by atoms with Crippen molar-refractivity contribution in [2.45, 2.75) is 32.3 Å². The molecule has 2 N–H and O–H groups in total. The lowest BCUT2D eigenvalue weighted by molar-refractivity contribution is 0.0488. The molecule has 0 fully saturated rings. The van der Waals surface area contributed by atoms with Crippen LogP contribution in [-0.2, 0) is 13.5 Å². The average molecular weight is 212 g/mol. The molecule has 1 aromatic rings. The Hall–Kier alpha value is -0.940. The molecule has 0 amide bonds. The molecule has 1 aromatic heterocycles. The lowest BCUT2D eigenvalue weighted by Gasteiger charge is -2.22. The van der Waals surface area contributed by atoms with E-state index in [0.717, 1.165) is 18.9 Å². The highest BCUT2D eigenvalue weighted by Gasteiger charge is 2.22. The van der Waals surface area contributed by atoms with Gasteiger partial charge in [0.2, 0.25) is 0 Å². The van der Waals surface area contributed by atoms with Crippen LogP contribution in [0.15, 0.2) is 6.33 Å². The van der Waals surface area contributed by atoms with Crippen molar-refractivity contribution >= 4 is 0 Å². The molecule has 0 aliphatic rings. The van der Waals surface area contributed by atoms with Crippen LogP contribution in [0.25, 0.3) is 0 Å². The molecule has 0 aromatic carbocycles. The number of nitrogens with zero attached hydrogens (tertiary/aromatic N) is 3. The van der Waals surface area contributed by atoms with Crippen molar-refractivity contribution in [1.82, 2.24) is 20.1 Å². The molecule has 0 radical (unpaired) electrons. The van der Waals surface area contributed by atoms with Crippen molar-refractivity contribution in [3.63, 3.8) is 0 Å². The van der Waals surface area contributed by atoms with Crippen LogP contribution in [0.3, 0.4) is 0 Å². The summed E-state index contributed by atoms with van der Waals surface area (Å²) in [5.74, 6) is 0.816. The summed E-state index contributed by atoms with van der Waals surface area (Å²) in [7, 11) is 1.84. The van der Waals surface area contributed by atoms with Gasteiger partial charge in [0.05, 0.1) is 5.60 Å². The maximum atomic E-state index is 10.1. The third kappa shape index (κ3) is 3.97. The molecule has 1 atom stereocenters. The summed E-state index contributed by atoms with van der Waals surface area (Å²) in [6.45, 7) is 5.64. The number of hydrogen-bond donors (Lipinski definition) is 2. The van der Waals surface area contributed by atoms with Gasteiger partial charge in [0, 0.05) is 13.5 Å². The van der Waals surface area contributed by atoms with E-state index in [1.54, 1.807) is 4.68 Å². The Morgan fingerprint density at radius 1 is 1.60 bits per heavy atom. The second kappa shape index (κ2) is 5.23. The molecule has 0 bridgehead atoms. The largest absolute Gasteiger partial charge is 0.390 e. The van der Waals surface area contributed by atoms with Gasteiger partial charge >= 0.3 is 0 Å². The summed E-state index contributed by atoms with van der Waals surface area (Å²) < 4.78 is 1.70. The second-order valence-electron chi connectivity index (χ2n) is 4.08. The molecule has 86 valence electrons. The molecule has 1 heterocycles. The highest BCUT2D eigenvalue weighted by Crippen LogP contribution is 2.14. The van der Waals surface area contributed by atoms with Gasteiger partial charge in [-0.1, -0.05) is 6.92 Å². The van der Waals surface area contributed by atoms with E-state index in [1.807, 2.05) is 14.0 Å². The van der Waals surface area contributed by atoms with Crippen LogP contribution in [0.1, 0.15) is 26.1 Å². The Kier molecular flexibility index (Phi) is 4.23. The van der Waals surface area contributed by atoms with Crippen LogP contribution in [0.2, 0.25) is 0 Å². The predicted octanol–water partition coefficient (Wildman–Crippen LogP) is 0.108. The van der Waals surface area contributed by atoms with Crippen molar-refractivity contribution in [1.29, 1.82) is 0 Å². The van der Waals surface area contributed by atoms with Crippen LogP contribution in [0.4, 0.5) is 0 Å². The molecule has 5 heteroatoms. The molecule has 1 unspecified atom stereocenters. The Morgan fingerprint density at radius 2 is 2.33 bits per heavy atom. The minimum absolute atomic E-state index is 0.537. The van der Waals surface area contributed by atoms with E-state index in [-0.39, 0.29) is 0 Å². The first-order valence-electron chi connectivity index (χ1n) is 5.31. The molecule has 0 aliphatic carbocycles. The van der Waals surface area contributed by atoms with Crippen LogP contribution in [-0.4, -0.2) is 38.6 Å². The van der Waals surface area contributed by atoms with E-state index in [1.165, 1.54) is 6.33 Å². The number of nitrogens with one attached hydrogen (secondary N) is 1. The summed E-state index contributed by atoms with van der Waals surface area (Å²) in [6.07, 6.45) is 2.76. The van der Waals surface area contributed by atoms with Crippen LogP contribution < -0.4 is 5.32 Å². The maximum absolute atomic E-state index is 10.1. The van der Waals surface area contributed by atoms with Crippen LogP contribution >= 0.6 is 0 Å². The molecule has 5 nitrogen and oxygen atoms in total. The van der Waals surface area contributed by atoms with Crippen LogP contribution in [0, 0.1) is 0 Å².